The van der Waals surface area contributed by atoms with Crippen LogP contribution in [0.2, 0.25) is 5.02 Å². The van der Waals surface area contributed by atoms with E-state index in [9.17, 15) is 23.6 Å². The fourth-order valence-electron chi connectivity index (χ4n) is 3.17. The maximum absolute atomic E-state index is 13.1. The maximum atomic E-state index is 13.1. The number of nitrogens with one attached hydrogen (secondary N) is 1. The number of nitro groups is 1. The Labute approximate surface area is 181 Å². The Kier molecular flexibility index (Phi) is 5.62. The van der Waals surface area contributed by atoms with E-state index >= 15 is 0 Å². The van der Waals surface area contributed by atoms with Gasteiger partial charge in [-0.05, 0) is 24.3 Å². The van der Waals surface area contributed by atoms with Gasteiger partial charge in [-0.3, -0.25) is 10.1 Å². The number of azo groups is 1. The lowest BCUT2D eigenvalue weighted by Gasteiger charge is -2.26. The number of H-pyrrole nitrogens is 1. The molecule has 1 aromatic heterocycles. The number of halogens is 1. The lowest BCUT2D eigenvalue weighted by Crippen LogP contribution is -2.40. The first-order chi connectivity index (χ1) is 14.8. The van der Waals surface area contributed by atoms with Crippen molar-refractivity contribution in [3.8, 4) is 5.88 Å². The monoisotopic (exact) mass is 465 g/mol. The van der Waals surface area contributed by atoms with Crippen molar-refractivity contribution in [3.05, 3.63) is 51.5 Å². The third-order valence-electron chi connectivity index (χ3n) is 4.71. The predicted molar refractivity (Wildman–Crippen MR) is 112 cm³/mol. The van der Waals surface area contributed by atoms with Gasteiger partial charge < -0.3 is 14.8 Å². The third kappa shape index (κ3) is 4.10. The Hall–Kier alpha value is -3.06. The zero-order valence-electron chi connectivity index (χ0n) is 15.9. The summed E-state index contributed by atoms with van der Waals surface area (Å²) in [6.45, 7) is 0.663. The van der Waals surface area contributed by atoms with E-state index in [4.69, 9.17) is 16.3 Å². The Morgan fingerprint density at radius 2 is 1.90 bits per heavy atom. The number of hydrogen-bond acceptors (Lipinski definition) is 8. The number of hydrogen-bond donors (Lipinski definition) is 2. The molecule has 0 unspecified atom stereocenters. The van der Waals surface area contributed by atoms with E-state index in [0.29, 0.717) is 15.9 Å². The number of nitrogens with zero attached hydrogens (tertiary/aromatic N) is 4. The first-order valence-corrected chi connectivity index (χ1v) is 10.9. The Morgan fingerprint density at radius 3 is 2.61 bits per heavy atom. The van der Waals surface area contributed by atoms with Crippen LogP contribution >= 0.6 is 11.6 Å². The van der Waals surface area contributed by atoms with Crippen LogP contribution in [0.4, 0.5) is 17.1 Å². The van der Waals surface area contributed by atoms with Crippen molar-refractivity contribution < 1.29 is 23.2 Å². The van der Waals surface area contributed by atoms with Crippen LogP contribution in [0.25, 0.3) is 10.9 Å². The fourth-order valence-corrected chi connectivity index (χ4v) is 4.90. The number of rotatable bonds is 5. The molecule has 162 valence electrons. The first-order valence-electron chi connectivity index (χ1n) is 9.05. The molecule has 13 heteroatoms. The number of non-ortho nitro benzene ring substituents is 1. The number of nitro benzene ring substituents is 1. The summed E-state index contributed by atoms with van der Waals surface area (Å²) in [5, 5.41) is 30.3. The predicted octanol–water partition coefficient (Wildman–Crippen LogP) is 3.87. The number of morpholine rings is 1. The molecule has 1 saturated heterocycles. The van der Waals surface area contributed by atoms with Crippen LogP contribution in [0.5, 0.6) is 5.88 Å². The summed E-state index contributed by atoms with van der Waals surface area (Å²) < 4.78 is 32.6. The minimum atomic E-state index is -4.10. The maximum Gasteiger partial charge on any atom is 0.270 e. The summed E-state index contributed by atoms with van der Waals surface area (Å²) >= 11 is 6.01. The van der Waals surface area contributed by atoms with Crippen LogP contribution in [0.1, 0.15) is 0 Å². The van der Waals surface area contributed by atoms with Crippen LogP contribution in [0, 0.1) is 10.1 Å². The third-order valence-corrected chi connectivity index (χ3v) is 6.88. The molecule has 1 aliphatic heterocycles. The highest BCUT2D eigenvalue weighted by atomic mass is 35.5. The van der Waals surface area contributed by atoms with Gasteiger partial charge in [-0.15, -0.1) is 10.2 Å². The van der Waals surface area contributed by atoms with Gasteiger partial charge in [-0.2, -0.15) is 4.31 Å². The zero-order chi connectivity index (χ0) is 22.2. The molecule has 0 radical (unpaired) electrons. The molecule has 2 aromatic carbocycles. The number of ether oxygens (including phenoxy) is 1. The van der Waals surface area contributed by atoms with E-state index in [1.165, 1.54) is 10.4 Å². The molecule has 1 fully saturated rings. The molecular formula is C18H16ClN5O6S. The van der Waals surface area contributed by atoms with Crippen molar-refractivity contribution in [1.29, 1.82) is 0 Å². The quantitative estimate of drug-likeness (QED) is 0.331. The second-order valence-electron chi connectivity index (χ2n) is 6.64. The smallest absolute Gasteiger partial charge is 0.270 e. The van der Waals surface area contributed by atoms with E-state index in [2.05, 4.69) is 15.2 Å². The molecule has 0 saturated carbocycles. The summed E-state index contributed by atoms with van der Waals surface area (Å²) in [7, 11) is -4.10. The summed E-state index contributed by atoms with van der Waals surface area (Å²) in [6, 6.07) is 8.14. The highest BCUT2D eigenvalue weighted by Gasteiger charge is 2.30. The van der Waals surface area contributed by atoms with Gasteiger partial charge in [0.15, 0.2) is 5.69 Å². The topological polar surface area (TPSA) is 150 Å². The standard InChI is InChI=1S/C18H16ClN5O6S/c19-11-1-3-14-13(9-11)17(18(25)20-14)22-21-15-4-2-12(24(26)27)10-16(15)31(28,29)23-5-7-30-8-6-23/h1-4,9-10,20,25H,5-8H2. The van der Waals surface area contributed by atoms with Gasteiger partial charge in [-0.1, -0.05) is 11.6 Å². The van der Waals surface area contributed by atoms with Gasteiger partial charge >= 0.3 is 0 Å². The SMILES string of the molecule is O=[N+]([O-])c1ccc(N=Nc2c(O)[nH]c3ccc(Cl)cc23)c(S(=O)(=O)N2CCOCC2)c1. The van der Waals surface area contributed by atoms with E-state index in [1.54, 1.807) is 18.2 Å². The molecule has 0 spiro atoms. The van der Waals surface area contributed by atoms with Crippen LogP contribution in [0.15, 0.2) is 51.5 Å². The molecule has 0 atom stereocenters. The molecule has 2 heterocycles. The van der Waals surface area contributed by atoms with Gasteiger partial charge in [0.05, 0.1) is 23.7 Å². The lowest BCUT2D eigenvalue weighted by atomic mass is 10.2. The van der Waals surface area contributed by atoms with Crippen molar-refractivity contribution in [2.24, 2.45) is 10.2 Å². The van der Waals surface area contributed by atoms with Crippen molar-refractivity contribution >= 4 is 49.6 Å². The largest absolute Gasteiger partial charge is 0.493 e. The molecule has 31 heavy (non-hydrogen) atoms. The molecular weight excluding hydrogens is 450 g/mol. The van der Waals surface area contributed by atoms with Crippen LogP contribution in [0.3, 0.4) is 0 Å². The number of aromatic hydroxyl groups is 1. The Balaban J connectivity index is 1.81. The number of aromatic nitrogens is 1. The average Bonchev–Trinajstić information content (AvgIpc) is 3.06. The number of benzene rings is 2. The Morgan fingerprint density at radius 1 is 1.16 bits per heavy atom. The van der Waals surface area contributed by atoms with Gasteiger partial charge in [0.1, 0.15) is 10.6 Å². The van der Waals surface area contributed by atoms with Gasteiger partial charge in [0.25, 0.3) is 5.69 Å². The zero-order valence-corrected chi connectivity index (χ0v) is 17.4. The van der Waals surface area contributed by atoms with Crippen LogP contribution in [-0.4, -0.2) is 54.0 Å². The van der Waals surface area contributed by atoms with Gasteiger partial charge in [0.2, 0.25) is 15.9 Å². The average molecular weight is 466 g/mol. The summed E-state index contributed by atoms with van der Waals surface area (Å²) in [4.78, 5) is 12.9. The molecule has 4 rings (SSSR count). The second kappa shape index (κ2) is 8.23. The summed E-state index contributed by atoms with van der Waals surface area (Å²) in [6.07, 6.45) is 0. The van der Waals surface area contributed by atoms with E-state index in [0.717, 1.165) is 12.1 Å². The molecule has 3 aromatic rings. The van der Waals surface area contributed by atoms with E-state index in [-0.39, 0.29) is 48.5 Å². The second-order valence-corrected chi connectivity index (χ2v) is 8.98. The Bertz CT molecular complexity index is 1300. The minimum Gasteiger partial charge on any atom is -0.493 e. The fraction of sp³-hybridized carbons (Fsp3) is 0.222. The van der Waals surface area contributed by atoms with E-state index < -0.39 is 20.6 Å². The number of fused-ring (bicyclic) bond motifs is 1. The normalized spacial score (nSPS) is 15.6. The number of sulfonamides is 1. The lowest BCUT2D eigenvalue weighted by molar-refractivity contribution is -0.385. The molecule has 0 aliphatic carbocycles. The van der Waals surface area contributed by atoms with Crippen molar-refractivity contribution in [3.63, 3.8) is 0 Å². The summed E-state index contributed by atoms with van der Waals surface area (Å²) in [5.74, 6) is -0.277. The van der Waals surface area contributed by atoms with Crippen LogP contribution < -0.4 is 0 Å². The van der Waals surface area contributed by atoms with Crippen LogP contribution in [-0.2, 0) is 14.8 Å². The van der Waals surface area contributed by atoms with Crippen molar-refractivity contribution in [2.45, 2.75) is 4.90 Å². The first kappa shape index (κ1) is 21.2. The molecule has 1 aliphatic rings. The molecule has 0 amide bonds. The highest BCUT2D eigenvalue weighted by molar-refractivity contribution is 7.89. The number of aromatic amines is 1. The van der Waals surface area contributed by atoms with Crippen molar-refractivity contribution in [1.82, 2.24) is 9.29 Å². The molecule has 0 bridgehead atoms. The van der Waals surface area contributed by atoms with Gasteiger partial charge in [0, 0.05) is 35.6 Å². The molecule has 11 nitrogen and oxygen atoms in total. The van der Waals surface area contributed by atoms with E-state index in [1.807, 2.05) is 0 Å². The van der Waals surface area contributed by atoms with Gasteiger partial charge in [-0.25, -0.2) is 8.42 Å². The molecule has 2 N–H and O–H groups in total. The minimum absolute atomic E-state index is 0.0607. The summed E-state index contributed by atoms with van der Waals surface area (Å²) in [5.41, 5.74) is 0.117. The van der Waals surface area contributed by atoms with Crippen molar-refractivity contribution in [2.75, 3.05) is 26.3 Å². The highest BCUT2D eigenvalue weighted by Crippen LogP contribution is 2.39.